The van der Waals surface area contributed by atoms with Gasteiger partial charge in [-0.1, -0.05) is 54.4 Å². The number of hydrogen-bond acceptors (Lipinski definition) is 2. The molecule has 2 nitrogen and oxygen atoms in total. The second kappa shape index (κ2) is 6.98. The standard InChI is InChI=1S/C16H16Cl2O2/c1-2-9-20-12-6-3-5-11(10-12)16(19)13-7-4-8-14(17)15(13)18/h3-8,10,16,19H,2,9H2,1H3. The summed E-state index contributed by atoms with van der Waals surface area (Å²) in [7, 11) is 0. The molecule has 0 radical (unpaired) electrons. The average Bonchev–Trinajstić information content (AvgIpc) is 2.47. The Morgan fingerprint density at radius 1 is 1.15 bits per heavy atom. The molecule has 0 aliphatic carbocycles. The van der Waals surface area contributed by atoms with Crippen LogP contribution in [0.4, 0.5) is 0 Å². The Kier molecular flexibility index (Phi) is 5.30. The van der Waals surface area contributed by atoms with E-state index in [0.29, 0.717) is 22.2 Å². The van der Waals surface area contributed by atoms with Crippen LogP contribution in [0.3, 0.4) is 0 Å². The van der Waals surface area contributed by atoms with Crippen LogP contribution in [0, 0.1) is 0 Å². The molecular weight excluding hydrogens is 295 g/mol. The van der Waals surface area contributed by atoms with Crippen molar-refractivity contribution in [2.45, 2.75) is 19.4 Å². The highest BCUT2D eigenvalue weighted by Crippen LogP contribution is 2.33. The predicted octanol–water partition coefficient (Wildman–Crippen LogP) is 4.86. The first-order valence-electron chi connectivity index (χ1n) is 6.48. The van der Waals surface area contributed by atoms with Gasteiger partial charge in [-0.25, -0.2) is 0 Å². The third-order valence-electron chi connectivity index (χ3n) is 2.92. The molecule has 0 spiro atoms. The van der Waals surface area contributed by atoms with Crippen molar-refractivity contribution in [1.29, 1.82) is 0 Å². The van der Waals surface area contributed by atoms with Gasteiger partial charge in [0, 0.05) is 5.56 Å². The Morgan fingerprint density at radius 3 is 2.65 bits per heavy atom. The molecule has 0 fully saturated rings. The molecule has 0 amide bonds. The Hall–Kier alpha value is -1.22. The van der Waals surface area contributed by atoms with E-state index in [4.69, 9.17) is 27.9 Å². The van der Waals surface area contributed by atoms with Gasteiger partial charge in [-0.05, 0) is 30.2 Å². The molecule has 0 aliphatic heterocycles. The monoisotopic (exact) mass is 310 g/mol. The number of rotatable bonds is 5. The summed E-state index contributed by atoms with van der Waals surface area (Å²) in [6.07, 6.45) is 0.110. The van der Waals surface area contributed by atoms with E-state index in [1.54, 1.807) is 18.2 Å². The van der Waals surface area contributed by atoms with Crippen LogP contribution in [-0.4, -0.2) is 11.7 Å². The van der Waals surface area contributed by atoms with E-state index in [-0.39, 0.29) is 0 Å². The van der Waals surface area contributed by atoms with Crippen LogP contribution in [0.5, 0.6) is 5.75 Å². The number of aliphatic hydroxyl groups is 1. The van der Waals surface area contributed by atoms with Gasteiger partial charge in [0.2, 0.25) is 0 Å². The van der Waals surface area contributed by atoms with Gasteiger partial charge in [0.1, 0.15) is 11.9 Å². The lowest BCUT2D eigenvalue weighted by molar-refractivity contribution is 0.219. The van der Waals surface area contributed by atoms with Crippen molar-refractivity contribution in [3.8, 4) is 5.75 Å². The summed E-state index contributed by atoms with van der Waals surface area (Å²) in [5.74, 6) is 0.738. The van der Waals surface area contributed by atoms with E-state index >= 15 is 0 Å². The zero-order valence-electron chi connectivity index (χ0n) is 11.1. The Balaban J connectivity index is 2.28. The van der Waals surface area contributed by atoms with Crippen molar-refractivity contribution in [2.24, 2.45) is 0 Å². The van der Waals surface area contributed by atoms with Crippen LogP contribution in [0.2, 0.25) is 10.0 Å². The molecule has 0 heterocycles. The van der Waals surface area contributed by atoms with E-state index < -0.39 is 6.10 Å². The predicted molar refractivity (Wildman–Crippen MR) is 82.8 cm³/mol. The van der Waals surface area contributed by atoms with Gasteiger partial charge in [-0.2, -0.15) is 0 Å². The first-order chi connectivity index (χ1) is 9.63. The quantitative estimate of drug-likeness (QED) is 0.854. The lowest BCUT2D eigenvalue weighted by Crippen LogP contribution is -2.02. The minimum absolute atomic E-state index is 0.376. The van der Waals surface area contributed by atoms with Gasteiger partial charge in [0.25, 0.3) is 0 Å². The fraction of sp³-hybridized carbons (Fsp3) is 0.250. The highest BCUT2D eigenvalue weighted by atomic mass is 35.5. The maximum absolute atomic E-state index is 10.4. The van der Waals surface area contributed by atoms with Gasteiger partial charge in [-0.3, -0.25) is 0 Å². The van der Waals surface area contributed by atoms with E-state index in [1.165, 1.54) is 0 Å². The van der Waals surface area contributed by atoms with E-state index in [2.05, 4.69) is 0 Å². The number of aliphatic hydroxyl groups excluding tert-OH is 1. The van der Waals surface area contributed by atoms with E-state index in [0.717, 1.165) is 17.7 Å². The lowest BCUT2D eigenvalue weighted by Gasteiger charge is -2.15. The van der Waals surface area contributed by atoms with Crippen molar-refractivity contribution >= 4 is 23.2 Å². The summed E-state index contributed by atoms with van der Waals surface area (Å²) in [6, 6.07) is 12.6. The zero-order chi connectivity index (χ0) is 14.5. The molecule has 0 saturated heterocycles. The molecule has 1 N–H and O–H groups in total. The first-order valence-corrected chi connectivity index (χ1v) is 7.23. The molecule has 0 aliphatic rings. The molecule has 1 atom stereocenters. The third kappa shape index (κ3) is 3.45. The molecule has 2 aromatic rings. The summed E-state index contributed by atoms with van der Waals surface area (Å²) in [5.41, 5.74) is 1.31. The Labute approximate surface area is 128 Å². The van der Waals surface area contributed by atoms with Crippen LogP contribution in [0.25, 0.3) is 0 Å². The summed E-state index contributed by atoms with van der Waals surface area (Å²) in [6.45, 7) is 2.70. The van der Waals surface area contributed by atoms with Gasteiger partial charge in [0.15, 0.2) is 0 Å². The van der Waals surface area contributed by atoms with Crippen molar-refractivity contribution in [1.82, 2.24) is 0 Å². The van der Waals surface area contributed by atoms with Crippen molar-refractivity contribution in [3.05, 3.63) is 63.6 Å². The summed E-state index contributed by atoms with van der Waals surface area (Å²) >= 11 is 12.1. The average molecular weight is 311 g/mol. The Bertz CT molecular complexity index is 584. The van der Waals surface area contributed by atoms with E-state index in [1.807, 2.05) is 31.2 Å². The fourth-order valence-corrected chi connectivity index (χ4v) is 2.32. The fourth-order valence-electron chi connectivity index (χ4n) is 1.91. The molecule has 106 valence electrons. The number of benzene rings is 2. The topological polar surface area (TPSA) is 29.5 Å². The van der Waals surface area contributed by atoms with Crippen LogP contribution < -0.4 is 4.74 Å². The Morgan fingerprint density at radius 2 is 1.90 bits per heavy atom. The van der Waals surface area contributed by atoms with E-state index in [9.17, 15) is 5.11 Å². The smallest absolute Gasteiger partial charge is 0.119 e. The second-order valence-corrected chi connectivity index (χ2v) is 5.25. The second-order valence-electron chi connectivity index (χ2n) is 4.47. The van der Waals surface area contributed by atoms with Crippen molar-refractivity contribution in [2.75, 3.05) is 6.61 Å². The highest BCUT2D eigenvalue weighted by Gasteiger charge is 2.16. The van der Waals surface area contributed by atoms with Crippen molar-refractivity contribution in [3.63, 3.8) is 0 Å². The zero-order valence-corrected chi connectivity index (χ0v) is 12.7. The minimum Gasteiger partial charge on any atom is -0.494 e. The number of hydrogen-bond donors (Lipinski definition) is 1. The molecule has 0 bridgehead atoms. The number of ether oxygens (including phenoxy) is 1. The first kappa shape index (κ1) is 15.2. The normalized spacial score (nSPS) is 12.2. The van der Waals surface area contributed by atoms with Crippen LogP contribution in [-0.2, 0) is 0 Å². The molecular formula is C16H16Cl2O2. The highest BCUT2D eigenvalue weighted by molar-refractivity contribution is 6.42. The molecule has 1 unspecified atom stereocenters. The largest absolute Gasteiger partial charge is 0.494 e. The van der Waals surface area contributed by atoms with Crippen molar-refractivity contribution < 1.29 is 9.84 Å². The molecule has 2 rings (SSSR count). The molecule has 4 heteroatoms. The SMILES string of the molecule is CCCOc1cccc(C(O)c2cccc(Cl)c2Cl)c1. The summed E-state index contributed by atoms with van der Waals surface area (Å²) < 4.78 is 5.57. The van der Waals surface area contributed by atoms with Gasteiger partial charge in [0.05, 0.1) is 16.7 Å². The summed E-state index contributed by atoms with van der Waals surface area (Å²) in [5, 5.41) is 11.3. The minimum atomic E-state index is -0.827. The molecule has 0 saturated carbocycles. The maximum Gasteiger partial charge on any atom is 0.119 e. The van der Waals surface area contributed by atoms with Crippen LogP contribution in [0.15, 0.2) is 42.5 Å². The molecule has 0 aromatic heterocycles. The third-order valence-corrected chi connectivity index (χ3v) is 3.76. The molecule has 2 aromatic carbocycles. The van der Waals surface area contributed by atoms with Gasteiger partial charge in [-0.15, -0.1) is 0 Å². The van der Waals surface area contributed by atoms with Gasteiger partial charge < -0.3 is 9.84 Å². The molecule has 20 heavy (non-hydrogen) atoms. The lowest BCUT2D eigenvalue weighted by atomic mass is 10.0. The van der Waals surface area contributed by atoms with Gasteiger partial charge >= 0.3 is 0 Å². The summed E-state index contributed by atoms with van der Waals surface area (Å²) in [4.78, 5) is 0. The van der Waals surface area contributed by atoms with Crippen LogP contribution in [0.1, 0.15) is 30.6 Å². The number of halogens is 2. The van der Waals surface area contributed by atoms with Crippen LogP contribution >= 0.6 is 23.2 Å². The maximum atomic E-state index is 10.4.